The van der Waals surface area contributed by atoms with Crippen LogP contribution in [-0.4, -0.2) is 52.6 Å². The lowest BCUT2D eigenvalue weighted by atomic mass is 10.2. The highest BCUT2D eigenvalue weighted by molar-refractivity contribution is 9.10. The lowest BCUT2D eigenvalue weighted by molar-refractivity contribution is 0.0387. The van der Waals surface area contributed by atoms with Gasteiger partial charge < -0.3 is 23.7 Å². The highest BCUT2D eigenvalue weighted by atomic mass is 79.9. The second kappa shape index (κ2) is 11.4. The van der Waals surface area contributed by atoms with E-state index in [1.807, 2.05) is 0 Å². The van der Waals surface area contributed by atoms with Gasteiger partial charge in [-0.3, -0.25) is 0 Å². The van der Waals surface area contributed by atoms with Gasteiger partial charge >= 0.3 is 11.9 Å². The maximum absolute atomic E-state index is 12.6. The van der Waals surface area contributed by atoms with Crippen molar-refractivity contribution in [2.45, 2.75) is 0 Å². The molecule has 8 heteroatoms. The Kier molecular flexibility index (Phi) is 8.93. The molecule has 2 aromatic rings. The fourth-order valence-corrected chi connectivity index (χ4v) is 2.53. The smallest absolute Gasteiger partial charge is 0.347 e. The van der Waals surface area contributed by atoms with E-state index >= 15 is 0 Å². The molecule has 0 radical (unpaired) electrons. The molecule has 150 valence electrons. The fraction of sp³-hybridized carbons (Fsp3) is 0.300. The molecule has 0 spiro atoms. The number of benzene rings is 2. The summed E-state index contributed by atoms with van der Waals surface area (Å²) in [7, 11) is 3.08. The molecule has 0 saturated heterocycles. The number of esters is 2. The van der Waals surface area contributed by atoms with Crippen LogP contribution in [0.1, 0.15) is 20.7 Å². The Morgan fingerprint density at radius 1 is 0.893 bits per heavy atom. The largest absolute Gasteiger partial charge is 0.490 e. The lowest BCUT2D eigenvalue weighted by Crippen LogP contribution is -2.13. The minimum Gasteiger partial charge on any atom is -0.490 e. The van der Waals surface area contributed by atoms with Gasteiger partial charge in [-0.15, -0.1) is 0 Å². The van der Waals surface area contributed by atoms with E-state index in [4.69, 9.17) is 23.7 Å². The predicted octanol–water partition coefficient (Wildman–Crippen LogP) is 3.50. The number of carbonyl (C=O) groups excluding carboxylic acids is 2. The van der Waals surface area contributed by atoms with Crippen molar-refractivity contribution in [3.63, 3.8) is 0 Å². The Hall–Kier alpha value is -2.42. The zero-order valence-corrected chi connectivity index (χ0v) is 17.2. The average molecular weight is 453 g/mol. The van der Waals surface area contributed by atoms with Gasteiger partial charge in [-0.05, 0) is 36.4 Å². The second-order valence-corrected chi connectivity index (χ2v) is 6.44. The van der Waals surface area contributed by atoms with E-state index in [1.54, 1.807) is 43.5 Å². The highest BCUT2D eigenvalue weighted by Gasteiger charge is 2.17. The molecule has 2 aromatic carbocycles. The van der Waals surface area contributed by atoms with Gasteiger partial charge in [-0.25, -0.2) is 9.59 Å². The summed E-state index contributed by atoms with van der Waals surface area (Å²) >= 11 is 3.33. The van der Waals surface area contributed by atoms with Gasteiger partial charge in [0.2, 0.25) is 0 Å². The first-order chi connectivity index (χ1) is 13.5. The number of hydrogen-bond donors (Lipinski definition) is 0. The third kappa shape index (κ3) is 6.63. The first kappa shape index (κ1) is 21.9. The quantitative estimate of drug-likeness (QED) is 0.310. The van der Waals surface area contributed by atoms with E-state index in [-0.39, 0.29) is 23.5 Å². The monoisotopic (exact) mass is 452 g/mol. The van der Waals surface area contributed by atoms with Crippen molar-refractivity contribution in [3.05, 3.63) is 58.1 Å². The van der Waals surface area contributed by atoms with Crippen molar-refractivity contribution in [2.75, 3.05) is 40.6 Å². The van der Waals surface area contributed by atoms with Crippen LogP contribution in [0.3, 0.4) is 0 Å². The first-order valence-electron chi connectivity index (χ1n) is 8.44. The van der Waals surface area contributed by atoms with Crippen LogP contribution in [0.15, 0.2) is 46.9 Å². The molecule has 0 atom stereocenters. The molecular weight excluding hydrogens is 432 g/mol. The molecule has 0 N–H and O–H groups in total. The van der Waals surface area contributed by atoms with Crippen LogP contribution in [0.25, 0.3) is 0 Å². The average Bonchev–Trinajstić information content (AvgIpc) is 2.69. The van der Waals surface area contributed by atoms with Crippen molar-refractivity contribution in [1.82, 2.24) is 0 Å². The SMILES string of the molecule is COCCOC(=O)c1cccc(OC(=O)c2cc(Br)ccc2OCCOC)c1. The second-order valence-electron chi connectivity index (χ2n) is 5.53. The number of halogens is 1. The van der Waals surface area contributed by atoms with Crippen molar-refractivity contribution < 1.29 is 33.3 Å². The summed E-state index contributed by atoms with van der Waals surface area (Å²) in [6.07, 6.45) is 0. The van der Waals surface area contributed by atoms with Crippen molar-refractivity contribution in [1.29, 1.82) is 0 Å². The van der Waals surface area contributed by atoms with Crippen LogP contribution >= 0.6 is 15.9 Å². The number of rotatable bonds is 10. The zero-order valence-electron chi connectivity index (χ0n) is 15.6. The minimum absolute atomic E-state index is 0.138. The molecule has 0 saturated carbocycles. The van der Waals surface area contributed by atoms with Crippen LogP contribution in [0.2, 0.25) is 0 Å². The molecule has 0 aromatic heterocycles. The summed E-state index contributed by atoms with van der Waals surface area (Å²) in [6.45, 7) is 1.12. The van der Waals surface area contributed by atoms with Crippen molar-refractivity contribution in [3.8, 4) is 11.5 Å². The molecule has 2 rings (SSSR count). The summed E-state index contributed by atoms with van der Waals surface area (Å²) < 4.78 is 26.5. The van der Waals surface area contributed by atoms with Crippen LogP contribution in [-0.2, 0) is 14.2 Å². The molecular formula is C20H21BrO7. The third-order valence-corrected chi connectivity index (χ3v) is 4.00. The van der Waals surface area contributed by atoms with Gasteiger partial charge in [0, 0.05) is 18.7 Å². The van der Waals surface area contributed by atoms with E-state index in [1.165, 1.54) is 13.2 Å². The van der Waals surface area contributed by atoms with Gasteiger partial charge in [0.05, 0.1) is 18.8 Å². The minimum atomic E-state index is -0.612. The highest BCUT2D eigenvalue weighted by Crippen LogP contribution is 2.25. The van der Waals surface area contributed by atoms with Gasteiger partial charge in [-0.2, -0.15) is 0 Å². The lowest BCUT2D eigenvalue weighted by Gasteiger charge is -2.12. The van der Waals surface area contributed by atoms with E-state index in [9.17, 15) is 9.59 Å². The van der Waals surface area contributed by atoms with Crippen LogP contribution in [0.5, 0.6) is 11.5 Å². The van der Waals surface area contributed by atoms with E-state index in [0.717, 1.165) is 0 Å². The summed E-state index contributed by atoms with van der Waals surface area (Å²) in [5.74, 6) is -0.547. The van der Waals surface area contributed by atoms with E-state index in [2.05, 4.69) is 15.9 Å². The van der Waals surface area contributed by atoms with Gasteiger partial charge in [0.25, 0.3) is 0 Å². The fourth-order valence-electron chi connectivity index (χ4n) is 2.17. The van der Waals surface area contributed by atoms with Crippen molar-refractivity contribution in [2.24, 2.45) is 0 Å². The molecule has 0 fully saturated rings. The number of ether oxygens (including phenoxy) is 5. The summed E-state index contributed by atoms with van der Waals surface area (Å²) in [6, 6.07) is 11.2. The number of hydrogen-bond acceptors (Lipinski definition) is 7. The summed E-state index contributed by atoms with van der Waals surface area (Å²) in [5, 5.41) is 0. The molecule has 0 aliphatic heterocycles. The van der Waals surface area contributed by atoms with Gasteiger partial charge in [0.1, 0.15) is 30.3 Å². The maximum Gasteiger partial charge on any atom is 0.347 e. The molecule has 0 unspecified atom stereocenters. The Morgan fingerprint density at radius 2 is 1.64 bits per heavy atom. The van der Waals surface area contributed by atoms with E-state index < -0.39 is 11.9 Å². The Labute approximate surface area is 171 Å². The Bertz CT molecular complexity index is 807. The van der Waals surface area contributed by atoms with Crippen molar-refractivity contribution >= 4 is 27.9 Å². The predicted molar refractivity (Wildman–Crippen MR) is 105 cm³/mol. The molecule has 7 nitrogen and oxygen atoms in total. The topological polar surface area (TPSA) is 80.3 Å². The standard InChI is InChI=1S/C20H21BrO7/c1-24-8-10-26-18-7-6-15(21)13-17(18)20(23)28-16-5-3-4-14(12-16)19(22)27-11-9-25-2/h3-7,12-13H,8-11H2,1-2H3. The first-order valence-corrected chi connectivity index (χ1v) is 9.24. The summed E-state index contributed by atoms with van der Waals surface area (Å²) in [5.41, 5.74) is 0.519. The Balaban J connectivity index is 2.11. The van der Waals surface area contributed by atoms with Crippen LogP contribution in [0, 0.1) is 0 Å². The zero-order chi connectivity index (χ0) is 20.4. The number of carbonyl (C=O) groups is 2. The molecule has 28 heavy (non-hydrogen) atoms. The normalized spacial score (nSPS) is 10.4. The summed E-state index contributed by atoms with van der Waals surface area (Å²) in [4.78, 5) is 24.6. The third-order valence-electron chi connectivity index (χ3n) is 3.51. The van der Waals surface area contributed by atoms with Crippen LogP contribution < -0.4 is 9.47 Å². The number of methoxy groups -OCH3 is 2. The van der Waals surface area contributed by atoms with Crippen LogP contribution in [0.4, 0.5) is 0 Å². The van der Waals surface area contributed by atoms with E-state index in [0.29, 0.717) is 30.0 Å². The molecule has 0 aliphatic rings. The molecule has 0 aliphatic carbocycles. The molecule has 0 amide bonds. The van der Waals surface area contributed by atoms with Gasteiger partial charge in [-0.1, -0.05) is 22.0 Å². The molecule has 0 bridgehead atoms. The maximum atomic E-state index is 12.6. The molecule has 0 heterocycles. The van der Waals surface area contributed by atoms with Gasteiger partial charge in [0.15, 0.2) is 0 Å². The Morgan fingerprint density at radius 3 is 2.39 bits per heavy atom.